The van der Waals surface area contributed by atoms with E-state index < -0.39 is 0 Å². The Kier molecular flexibility index (Phi) is 2.92. The van der Waals surface area contributed by atoms with Crippen molar-refractivity contribution in [2.24, 2.45) is 0 Å². The summed E-state index contributed by atoms with van der Waals surface area (Å²) in [7, 11) is 0. The third-order valence-corrected chi connectivity index (χ3v) is 1.65. The lowest BCUT2D eigenvalue weighted by Crippen LogP contribution is -2.01. The van der Waals surface area contributed by atoms with Gasteiger partial charge in [0.2, 0.25) is 0 Å². The zero-order chi connectivity index (χ0) is 8.97. The average Bonchev–Trinajstić information content (AvgIpc) is 2.03. The molecular formula is C11H15N. The van der Waals surface area contributed by atoms with Crippen molar-refractivity contribution in [3.63, 3.8) is 0 Å². The van der Waals surface area contributed by atoms with E-state index in [2.05, 4.69) is 43.1 Å². The van der Waals surface area contributed by atoms with Crippen LogP contribution in [0.4, 0.5) is 5.69 Å². The summed E-state index contributed by atoms with van der Waals surface area (Å²) >= 11 is 0. The minimum atomic E-state index is 0.850. The van der Waals surface area contributed by atoms with Crippen LogP contribution in [0.3, 0.4) is 0 Å². The number of aryl methyl sites for hydroxylation is 1. The van der Waals surface area contributed by atoms with E-state index in [1.54, 1.807) is 0 Å². The number of benzene rings is 1. The van der Waals surface area contributed by atoms with Gasteiger partial charge in [-0.05, 0) is 26.0 Å². The van der Waals surface area contributed by atoms with Gasteiger partial charge in [-0.3, -0.25) is 0 Å². The molecule has 0 unspecified atom stereocenters. The molecule has 0 bridgehead atoms. The van der Waals surface area contributed by atoms with Gasteiger partial charge in [-0.15, -0.1) is 0 Å². The number of anilines is 1. The molecule has 1 N–H and O–H groups in total. The Morgan fingerprint density at radius 1 is 1.33 bits per heavy atom. The molecule has 1 heteroatoms. The van der Waals surface area contributed by atoms with E-state index in [1.165, 1.54) is 5.56 Å². The lowest BCUT2D eigenvalue weighted by atomic mass is 10.2. The molecule has 0 aliphatic heterocycles. The molecule has 1 aromatic carbocycles. The normalized spacial score (nSPS) is 9.50. The third-order valence-electron chi connectivity index (χ3n) is 1.65. The first-order chi connectivity index (χ1) is 5.68. The minimum absolute atomic E-state index is 0.850. The van der Waals surface area contributed by atoms with Crippen LogP contribution in [0.15, 0.2) is 36.4 Å². The van der Waals surface area contributed by atoms with Gasteiger partial charge in [0.25, 0.3) is 0 Å². The zero-order valence-electron chi connectivity index (χ0n) is 7.72. The Bertz CT molecular complexity index is 259. The monoisotopic (exact) mass is 161 g/mol. The zero-order valence-corrected chi connectivity index (χ0v) is 7.72. The van der Waals surface area contributed by atoms with Crippen LogP contribution in [-0.2, 0) is 0 Å². The van der Waals surface area contributed by atoms with Gasteiger partial charge < -0.3 is 5.32 Å². The average molecular weight is 161 g/mol. The van der Waals surface area contributed by atoms with Gasteiger partial charge in [0, 0.05) is 12.2 Å². The SMILES string of the molecule is C=C(C)CNc1ccc(C)cc1. The molecule has 0 aromatic heterocycles. The van der Waals surface area contributed by atoms with Crippen molar-refractivity contribution in [3.8, 4) is 0 Å². The first kappa shape index (κ1) is 8.85. The minimum Gasteiger partial charge on any atom is -0.381 e. The highest BCUT2D eigenvalue weighted by atomic mass is 14.9. The lowest BCUT2D eigenvalue weighted by molar-refractivity contribution is 1.21. The van der Waals surface area contributed by atoms with Crippen molar-refractivity contribution in [2.45, 2.75) is 13.8 Å². The van der Waals surface area contributed by atoms with Crippen molar-refractivity contribution >= 4 is 5.69 Å². The summed E-state index contributed by atoms with van der Waals surface area (Å²) in [6.45, 7) is 8.78. The van der Waals surface area contributed by atoms with Gasteiger partial charge in [-0.2, -0.15) is 0 Å². The van der Waals surface area contributed by atoms with Crippen LogP contribution in [0.5, 0.6) is 0 Å². The highest BCUT2D eigenvalue weighted by Crippen LogP contribution is 2.08. The summed E-state index contributed by atoms with van der Waals surface area (Å²) in [6, 6.07) is 8.36. The molecule has 1 rings (SSSR count). The van der Waals surface area contributed by atoms with Crippen LogP contribution in [0.25, 0.3) is 0 Å². The smallest absolute Gasteiger partial charge is 0.0354 e. The number of hydrogen-bond donors (Lipinski definition) is 1. The first-order valence-electron chi connectivity index (χ1n) is 4.13. The molecule has 0 heterocycles. The summed E-state index contributed by atoms with van der Waals surface area (Å²) in [5.41, 5.74) is 3.59. The summed E-state index contributed by atoms with van der Waals surface area (Å²) in [6.07, 6.45) is 0. The van der Waals surface area contributed by atoms with Crippen LogP contribution in [-0.4, -0.2) is 6.54 Å². The summed E-state index contributed by atoms with van der Waals surface area (Å²) < 4.78 is 0. The van der Waals surface area contributed by atoms with Crippen molar-refractivity contribution in [1.82, 2.24) is 0 Å². The van der Waals surface area contributed by atoms with Gasteiger partial charge in [-0.25, -0.2) is 0 Å². The van der Waals surface area contributed by atoms with E-state index in [-0.39, 0.29) is 0 Å². The molecule has 0 radical (unpaired) electrons. The van der Waals surface area contributed by atoms with Gasteiger partial charge in [-0.1, -0.05) is 29.8 Å². The van der Waals surface area contributed by atoms with Crippen molar-refractivity contribution in [1.29, 1.82) is 0 Å². The van der Waals surface area contributed by atoms with Gasteiger partial charge >= 0.3 is 0 Å². The second-order valence-electron chi connectivity index (χ2n) is 3.18. The standard InChI is InChI=1S/C11H15N/c1-9(2)8-12-11-6-4-10(3)5-7-11/h4-7,12H,1,8H2,2-3H3. The van der Waals surface area contributed by atoms with Gasteiger partial charge in [0.1, 0.15) is 0 Å². The van der Waals surface area contributed by atoms with E-state index in [9.17, 15) is 0 Å². The second kappa shape index (κ2) is 3.96. The fraction of sp³-hybridized carbons (Fsp3) is 0.273. The lowest BCUT2D eigenvalue weighted by Gasteiger charge is -2.05. The largest absolute Gasteiger partial charge is 0.381 e. The van der Waals surface area contributed by atoms with Crippen molar-refractivity contribution in [2.75, 3.05) is 11.9 Å². The molecule has 0 aliphatic carbocycles. The molecule has 0 aliphatic rings. The summed E-state index contributed by atoms with van der Waals surface area (Å²) in [4.78, 5) is 0. The molecule has 0 spiro atoms. The molecular weight excluding hydrogens is 146 g/mol. The first-order valence-corrected chi connectivity index (χ1v) is 4.13. The second-order valence-corrected chi connectivity index (χ2v) is 3.18. The molecule has 64 valence electrons. The van der Waals surface area contributed by atoms with Crippen LogP contribution < -0.4 is 5.32 Å². The van der Waals surface area contributed by atoms with Crippen LogP contribution in [0, 0.1) is 6.92 Å². The Labute approximate surface area is 74.1 Å². The maximum Gasteiger partial charge on any atom is 0.0354 e. The predicted molar refractivity (Wildman–Crippen MR) is 54.5 cm³/mol. The van der Waals surface area contributed by atoms with E-state index in [0.717, 1.165) is 17.8 Å². The fourth-order valence-electron chi connectivity index (χ4n) is 0.924. The Morgan fingerprint density at radius 2 is 1.92 bits per heavy atom. The maximum atomic E-state index is 3.83. The van der Waals surface area contributed by atoms with Crippen molar-refractivity contribution < 1.29 is 0 Å². The summed E-state index contributed by atoms with van der Waals surface area (Å²) in [5.74, 6) is 0. The van der Waals surface area contributed by atoms with Crippen molar-refractivity contribution in [3.05, 3.63) is 42.0 Å². The van der Waals surface area contributed by atoms with E-state index in [4.69, 9.17) is 0 Å². The molecule has 1 nitrogen and oxygen atoms in total. The van der Waals surface area contributed by atoms with Crippen LogP contribution >= 0.6 is 0 Å². The fourth-order valence-corrected chi connectivity index (χ4v) is 0.924. The Morgan fingerprint density at radius 3 is 2.42 bits per heavy atom. The number of nitrogens with one attached hydrogen (secondary N) is 1. The summed E-state index contributed by atoms with van der Waals surface area (Å²) in [5, 5.41) is 3.27. The van der Waals surface area contributed by atoms with E-state index >= 15 is 0 Å². The Hall–Kier alpha value is -1.24. The predicted octanol–water partition coefficient (Wildman–Crippen LogP) is 2.98. The topological polar surface area (TPSA) is 12.0 Å². The molecule has 0 saturated carbocycles. The van der Waals surface area contributed by atoms with Gasteiger partial charge in [0.15, 0.2) is 0 Å². The van der Waals surface area contributed by atoms with Crippen LogP contribution in [0.1, 0.15) is 12.5 Å². The molecule has 0 saturated heterocycles. The number of rotatable bonds is 3. The third kappa shape index (κ3) is 2.79. The van der Waals surface area contributed by atoms with Crippen LogP contribution in [0.2, 0.25) is 0 Å². The van der Waals surface area contributed by atoms with E-state index in [1.807, 2.05) is 6.92 Å². The van der Waals surface area contributed by atoms with E-state index in [0.29, 0.717) is 0 Å². The highest BCUT2D eigenvalue weighted by Gasteiger charge is 1.89. The van der Waals surface area contributed by atoms with Gasteiger partial charge in [0.05, 0.1) is 0 Å². The molecule has 0 atom stereocenters. The number of hydrogen-bond acceptors (Lipinski definition) is 1. The maximum absolute atomic E-state index is 3.83. The quantitative estimate of drug-likeness (QED) is 0.672. The highest BCUT2D eigenvalue weighted by molar-refractivity contribution is 5.45. The molecule has 1 aromatic rings. The molecule has 12 heavy (non-hydrogen) atoms. The molecule has 0 fully saturated rings. The molecule has 0 amide bonds. The Balaban J connectivity index is 2.53.